The second-order valence-corrected chi connectivity index (χ2v) is 5.80. The Kier molecular flexibility index (Phi) is 14.4. The van der Waals surface area contributed by atoms with Crippen molar-refractivity contribution >= 4 is 35.9 Å². The number of hydrogen-bond donors (Lipinski definition) is 1. The van der Waals surface area contributed by atoms with Crippen molar-refractivity contribution in [3.63, 3.8) is 0 Å². The smallest absolute Gasteiger partial charge is 0.309 e. The summed E-state index contributed by atoms with van der Waals surface area (Å²) >= 11 is 0. The maximum Gasteiger partial charge on any atom is 0.309 e. The standard InChI is InChI=1S/C17H33N3O3.HI/c1-4-18-17(19-11-7-6-8-14-22-3)20-12-9-15(10-13-20)16(21)23-5-2;/h15H,4-14H2,1-3H3,(H,18,19);1H. The summed E-state index contributed by atoms with van der Waals surface area (Å²) in [6.45, 7) is 8.65. The normalized spacial score (nSPS) is 15.8. The third-order valence-corrected chi connectivity index (χ3v) is 4.02. The van der Waals surface area contributed by atoms with Gasteiger partial charge in [0.2, 0.25) is 0 Å². The highest BCUT2D eigenvalue weighted by Crippen LogP contribution is 2.18. The largest absolute Gasteiger partial charge is 0.466 e. The average Bonchev–Trinajstić information content (AvgIpc) is 2.57. The van der Waals surface area contributed by atoms with Crippen LogP contribution in [0, 0.1) is 5.92 Å². The highest BCUT2D eigenvalue weighted by atomic mass is 127. The van der Waals surface area contributed by atoms with Gasteiger partial charge < -0.3 is 19.7 Å². The highest BCUT2D eigenvalue weighted by Gasteiger charge is 2.27. The maximum absolute atomic E-state index is 11.8. The first-order chi connectivity index (χ1) is 11.2. The molecule has 1 aliphatic heterocycles. The third-order valence-electron chi connectivity index (χ3n) is 4.02. The zero-order chi connectivity index (χ0) is 16.9. The molecule has 1 rings (SSSR count). The van der Waals surface area contributed by atoms with E-state index in [4.69, 9.17) is 14.5 Å². The SMILES string of the molecule is CCNC(=NCCCCCOC)N1CCC(C(=O)OCC)CC1.I. The van der Waals surface area contributed by atoms with Crippen molar-refractivity contribution < 1.29 is 14.3 Å². The van der Waals surface area contributed by atoms with Gasteiger partial charge in [0.1, 0.15) is 0 Å². The van der Waals surface area contributed by atoms with E-state index in [1.807, 2.05) is 6.92 Å². The molecule has 1 fully saturated rings. The molecular formula is C17H34IN3O3. The van der Waals surface area contributed by atoms with E-state index in [2.05, 4.69) is 17.1 Å². The topological polar surface area (TPSA) is 63.2 Å². The van der Waals surface area contributed by atoms with Crippen molar-refractivity contribution in [1.82, 2.24) is 10.2 Å². The fourth-order valence-corrected chi connectivity index (χ4v) is 2.73. The molecule has 0 amide bonds. The molecule has 6 nitrogen and oxygen atoms in total. The zero-order valence-electron chi connectivity index (χ0n) is 15.4. The molecule has 1 heterocycles. The summed E-state index contributed by atoms with van der Waals surface area (Å²) in [7, 11) is 1.74. The van der Waals surface area contributed by atoms with Gasteiger partial charge in [-0.05, 0) is 46.0 Å². The number of hydrogen-bond acceptors (Lipinski definition) is 4. The lowest BCUT2D eigenvalue weighted by molar-refractivity contribution is -0.149. The van der Waals surface area contributed by atoms with E-state index in [-0.39, 0.29) is 35.9 Å². The minimum atomic E-state index is -0.0489. The number of esters is 1. The van der Waals surface area contributed by atoms with Crippen LogP contribution in [0.25, 0.3) is 0 Å². The number of halogens is 1. The molecule has 0 radical (unpaired) electrons. The van der Waals surface area contributed by atoms with E-state index < -0.39 is 0 Å². The molecule has 0 aliphatic carbocycles. The number of nitrogens with one attached hydrogen (secondary N) is 1. The van der Waals surface area contributed by atoms with Crippen molar-refractivity contribution in [1.29, 1.82) is 0 Å². The third kappa shape index (κ3) is 9.05. The van der Waals surface area contributed by atoms with Gasteiger partial charge in [-0.25, -0.2) is 0 Å². The molecule has 0 saturated carbocycles. The number of aliphatic imine (C=N–C) groups is 1. The molecule has 0 aromatic heterocycles. The Balaban J connectivity index is 0.00000529. The van der Waals surface area contributed by atoms with Gasteiger partial charge in [0, 0.05) is 39.9 Å². The van der Waals surface area contributed by atoms with Gasteiger partial charge in [0.05, 0.1) is 12.5 Å². The molecule has 0 bridgehead atoms. The minimum Gasteiger partial charge on any atom is -0.466 e. The summed E-state index contributed by atoms with van der Waals surface area (Å²) in [6.07, 6.45) is 5.00. The number of methoxy groups -OCH3 is 1. The number of ether oxygens (including phenoxy) is 2. The van der Waals surface area contributed by atoms with Crippen molar-refractivity contribution in [3.05, 3.63) is 0 Å². The maximum atomic E-state index is 11.8. The van der Waals surface area contributed by atoms with E-state index >= 15 is 0 Å². The van der Waals surface area contributed by atoms with Gasteiger partial charge in [0.25, 0.3) is 0 Å². The lowest BCUT2D eigenvalue weighted by Crippen LogP contribution is -2.46. The van der Waals surface area contributed by atoms with Crippen LogP contribution in [0.1, 0.15) is 46.0 Å². The molecule has 1 saturated heterocycles. The summed E-state index contributed by atoms with van der Waals surface area (Å²) in [5, 5.41) is 3.36. The van der Waals surface area contributed by atoms with Crippen molar-refractivity contribution in [2.24, 2.45) is 10.9 Å². The molecule has 1 N–H and O–H groups in total. The zero-order valence-corrected chi connectivity index (χ0v) is 17.7. The molecule has 0 atom stereocenters. The molecule has 0 unspecified atom stereocenters. The summed E-state index contributed by atoms with van der Waals surface area (Å²) in [5.41, 5.74) is 0. The number of likely N-dealkylation sites (tertiary alicyclic amines) is 1. The molecule has 1 aliphatic rings. The van der Waals surface area contributed by atoms with Crippen LogP contribution in [0.2, 0.25) is 0 Å². The monoisotopic (exact) mass is 455 g/mol. The Morgan fingerprint density at radius 1 is 1.21 bits per heavy atom. The fourth-order valence-electron chi connectivity index (χ4n) is 2.73. The van der Waals surface area contributed by atoms with Crippen LogP contribution < -0.4 is 5.32 Å². The molecule has 142 valence electrons. The highest BCUT2D eigenvalue weighted by molar-refractivity contribution is 14.0. The minimum absolute atomic E-state index is 0. The Labute approximate surface area is 163 Å². The van der Waals surface area contributed by atoms with Gasteiger partial charge in [-0.3, -0.25) is 9.79 Å². The van der Waals surface area contributed by atoms with Crippen LogP contribution in [-0.4, -0.2) is 63.3 Å². The first-order valence-corrected chi connectivity index (χ1v) is 8.91. The number of unbranched alkanes of at least 4 members (excludes halogenated alkanes) is 2. The second kappa shape index (κ2) is 14.7. The van der Waals surface area contributed by atoms with Crippen LogP contribution in [0.4, 0.5) is 0 Å². The van der Waals surface area contributed by atoms with E-state index in [1.54, 1.807) is 7.11 Å². The molecule has 0 spiro atoms. The fraction of sp³-hybridized carbons (Fsp3) is 0.882. The van der Waals surface area contributed by atoms with Gasteiger partial charge in [-0.15, -0.1) is 24.0 Å². The van der Waals surface area contributed by atoms with E-state index in [0.29, 0.717) is 6.61 Å². The second-order valence-electron chi connectivity index (χ2n) is 5.80. The molecule has 24 heavy (non-hydrogen) atoms. The Bertz CT molecular complexity index is 359. The molecular weight excluding hydrogens is 421 g/mol. The lowest BCUT2D eigenvalue weighted by Gasteiger charge is -2.33. The van der Waals surface area contributed by atoms with Crippen molar-refractivity contribution in [2.45, 2.75) is 46.0 Å². The number of carbonyl (C=O) groups excluding carboxylic acids is 1. The van der Waals surface area contributed by atoms with Gasteiger partial charge in [-0.2, -0.15) is 0 Å². The molecule has 0 aromatic rings. The van der Waals surface area contributed by atoms with E-state index in [0.717, 1.165) is 70.8 Å². The van der Waals surface area contributed by atoms with Gasteiger partial charge in [-0.1, -0.05) is 0 Å². The Hall–Kier alpha value is -0.570. The van der Waals surface area contributed by atoms with E-state index in [1.165, 1.54) is 0 Å². The predicted octanol–water partition coefficient (Wildman–Crippen LogP) is 2.66. The summed E-state index contributed by atoms with van der Waals surface area (Å²) < 4.78 is 10.2. The van der Waals surface area contributed by atoms with Crippen molar-refractivity contribution in [2.75, 3.05) is 46.5 Å². The lowest BCUT2D eigenvalue weighted by atomic mass is 9.97. The summed E-state index contributed by atoms with van der Waals surface area (Å²) in [5.74, 6) is 0.969. The van der Waals surface area contributed by atoms with Crippen LogP contribution >= 0.6 is 24.0 Å². The van der Waals surface area contributed by atoms with Gasteiger partial charge >= 0.3 is 5.97 Å². The van der Waals surface area contributed by atoms with Crippen LogP contribution in [0.15, 0.2) is 4.99 Å². The van der Waals surface area contributed by atoms with Crippen LogP contribution in [0.3, 0.4) is 0 Å². The van der Waals surface area contributed by atoms with Gasteiger partial charge in [0.15, 0.2) is 5.96 Å². The average molecular weight is 455 g/mol. The molecule has 0 aromatic carbocycles. The molecule has 7 heteroatoms. The number of guanidine groups is 1. The Morgan fingerprint density at radius 3 is 2.50 bits per heavy atom. The number of nitrogens with zero attached hydrogens (tertiary/aromatic N) is 2. The first kappa shape index (κ1) is 23.4. The summed E-state index contributed by atoms with van der Waals surface area (Å²) in [4.78, 5) is 18.8. The Morgan fingerprint density at radius 2 is 1.92 bits per heavy atom. The van der Waals surface area contributed by atoms with Crippen molar-refractivity contribution in [3.8, 4) is 0 Å². The number of rotatable bonds is 9. The van der Waals surface area contributed by atoms with E-state index in [9.17, 15) is 4.79 Å². The predicted molar refractivity (Wildman–Crippen MR) is 108 cm³/mol. The van der Waals surface area contributed by atoms with Crippen LogP contribution in [0.5, 0.6) is 0 Å². The quantitative estimate of drug-likeness (QED) is 0.191. The number of piperidine rings is 1. The summed E-state index contributed by atoms with van der Waals surface area (Å²) in [6, 6.07) is 0. The first-order valence-electron chi connectivity index (χ1n) is 8.91. The van der Waals surface area contributed by atoms with Crippen LogP contribution in [-0.2, 0) is 14.3 Å². The number of carbonyl (C=O) groups is 1.